The van der Waals surface area contributed by atoms with Crippen LogP contribution in [-0.2, 0) is 43.3 Å². The van der Waals surface area contributed by atoms with E-state index in [9.17, 15) is 26.8 Å². The third-order valence-corrected chi connectivity index (χ3v) is 8.71. The first-order valence-corrected chi connectivity index (χ1v) is 13.3. The summed E-state index contributed by atoms with van der Waals surface area (Å²) in [4.78, 5) is 26.1. The molecule has 4 saturated carbocycles. The maximum Gasteiger partial charge on any atom is 0.402 e. The first-order chi connectivity index (χ1) is 16.8. The van der Waals surface area contributed by atoms with E-state index in [1.165, 1.54) is 0 Å². The third kappa shape index (κ3) is 4.97. The lowest BCUT2D eigenvalue weighted by atomic mass is 9.50. The lowest BCUT2D eigenvalue weighted by molar-refractivity contribution is -0.186. The molecule has 7 nitrogen and oxygen atoms in total. The van der Waals surface area contributed by atoms with Gasteiger partial charge in [0.05, 0.1) is 35.0 Å². The molecule has 1 N–H and O–H groups in total. The monoisotopic (exact) mass is 516 g/mol. The minimum atomic E-state index is -5.71. The number of carbonyl (C=O) groups is 2. The van der Waals surface area contributed by atoms with Crippen LogP contribution in [0.1, 0.15) is 59.2 Å². The van der Waals surface area contributed by atoms with E-state index in [-0.39, 0.29) is 36.7 Å². The van der Waals surface area contributed by atoms with Crippen molar-refractivity contribution in [3.63, 3.8) is 0 Å². The van der Waals surface area contributed by atoms with Crippen molar-refractivity contribution in [3.8, 4) is 0 Å². The van der Waals surface area contributed by atoms with Gasteiger partial charge in [-0.2, -0.15) is 17.2 Å². The number of benzene rings is 1. The molecule has 2 unspecified atom stereocenters. The molecule has 0 spiro atoms. The van der Waals surface area contributed by atoms with Gasteiger partial charge in [-0.05, 0) is 61.5 Å². The summed E-state index contributed by atoms with van der Waals surface area (Å²) in [6.45, 7) is -1.76. The molecule has 0 aromatic heterocycles. The predicted octanol–water partition coefficient (Wildman–Crippen LogP) is 2.07. The van der Waals surface area contributed by atoms with Gasteiger partial charge in [0.1, 0.15) is 5.60 Å². The third-order valence-electron chi connectivity index (χ3n) is 7.84. The number of alkyl halides is 2. The van der Waals surface area contributed by atoms with Crippen LogP contribution in [0.4, 0.5) is 8.78 Å². The highest BCUT2D eigenvalue weighted by molar-refractivity contribution is 7.86. The highest BCUT2D eigenvalue weighted by Crippen LogP contribution is 2.60. The Morgan fingerprint density at radius 1 is 1.06 bits per heavy atom. The summed E-state index contributed by atoms with van der Waals surface area (Å²) < 4.78 is 68.2. The molecule has 1 aromatic carbocycles. The molecular weight excluding hydrogens is 491 g/mol. The lowest BCUT2D eigenvalue weighted by Gasteiger charge is -2.58. The van der Waals surface area contributed by atoms with E-state index >= 15 is 0 Å². The highest BCUT2D eigenvalue weighted by atomic mass is 32.2. The van der Waals surface area contributed by atoms with Crippen LogP contribution in [0, 0.1) is 23.7 Å². The van der Waals surface area contributed by atoms with Gasteiger partial charge in [0.15, 0.2) is 6.61 Å². The molecule has 0 amide bonds. The number of hydrogen-bond donors (Lipinski definition) is 1. The second-order valence-electron chi connectivity index (χ2n) is 10.2. The van der Waals surface area contributed by atoms with Gasteiger partial charge in [-0.1, -0.05) is 36.2 Å². The summed E-state index contributed by atoms with van der Waals surface area (Å²) in [5.74, 6) is -2.52. The van der Waals surface area contributed by atoms with Gasteiger partial charge < -0.3 is 9.47 Å². The zero-order chi connectivity index (χ0) is 26.5. The maximum absolute atomic E-state index is 13.6. The van der Waals surface area contributed by atoms with Gasteiger partial charge in [0.25, 0.3) is 0 Å². The zero-order valence-corrected chi connectivity index (χ0v) is 20.4. The summed E-state index contributed by atoms with van der Waals surface area (Å²) >= 11 is 0. The van der Waals surface area contributed by atoms with Crippen molar-refractivity contribution in [1.29, 1.82) is 0 Å². The number of ether oxygens (including phenoxy) is 2. The fourth-order valence-electron chi connectivity index (χ4n) is 6.56. The number of rotatable bonds is 9. The quantitative estimate of drug-likeness (QED) is 0.305. The van der Waals surface area contributed by atoms with E-state index in [1.807, 2.05) is 6.07 Å². The van der Waals surface area contributed by atoms with Gasteiger partial charge in [0, 0.05) is 0 Å². The molecule has 2 atom stereocenters. The van der Waals surface area contributed by atoms with Crippen molar-refractivity contribution >= 4 is 45.6 Å². The molecule has 5 rings (SSSR count). The standard InChI is InChI=1S/C23H25B3F2O7S/c24-8-13-3-16(9-25)18(10-26)17(4-13)20(29)35-22-5-12-1-14(6-22)19(15(2-12)7-22)21(30)34-11-23(27,28)36(31,32)33/h3-4,12,14-15,19H,1-2,5-11H2,(H,31,32,33). The number of carbonyl (C=O) groups excluding carboxylic acids is 2. The molecule has 1 aromatic rings. The summed E-state index contributed by atoms with van der Waals surface area (Å²) in [5, 5.41) is -4.59. The van der Waals surface area contributed by atoms with Crippen LogP contribution >= 0.6 is 0 Å². The Morgan fingerprint density at radius 2 is 1.69 bits per heavy atom. The Kier molecular flexibility index (Phi) is 7.38. The lowest BCUT2D eigenvalue weighted by Crippen LogP contribution is -2.58. The first-order valence-electron chi connectivity index (χ1n) is 11.8. The molecule has 4 aliphatic rings. The van der Waals surface area contributed by atoms with E-state index in [1.54, 1.807) is 6.07 Å². The summed E-state index contributed by atoms with van der Waals surface area (Å²) in [6.07, 6.45) is 3.12. The minimum absolute atomic E-state index is 0.0881. The molecule has 36 heavy (non-hydrogen) atoms. The average Bonchev–Trinajstić information content (AvgIpc) is 2.80. The Morgan fingerprint density at radius 3 is 2.22 bits per heavy atom. The number of hydrogen-bond acceptors (Lipinski definition) is 6. The highest BCUT2D eigenvalue weighted by Gasteiger charge is 2.60. The molecular formula is C23H25B3F2O7S. The summed E-state index contributed by atoms with van der Waals surface area (Å²) in [7, 11) is 11.8. The minimum Gasteiger partial charge on any atom is -0.458 e. The number of esters is 2. The number of halogens is 2. The van der Waals surface area contributed by atoms with Crippen molar-refractivity contribution in [2.75, 3.05) is 6.61 Å². The molecule has 0 aliphatic heterocycles. The Hall–Kier alpha value is -1.88. The van der Waals surface area contributed by atoms with Gasteiger partial charge >= 0.3 is 27.3 Å². The molecule has 6 radical (unpaired) electrons. The zero-order valence-electron chi connectivity index (χ0n) is 19.6. The first kappa shape index (κ1) is 27.2. The molecule has 0 heterocycles. The molecule has 4 bridgehead atoms. The predicted molar refractivity (Wildman–Crippen MR) is 127 cm³/mol. The fraction of sp³-hybridized carbons (Fsp3) is 0.652. The smallest absolute Gasteiger partial charge is 0.402 e. The van der Waals surface area contributed by atoms with Crippen LogP contribution in [0.2, 0.25) is 0 Å². The van der Waals surface area contributed by atoms with E-state index in [4.69, 9.17) is 32.8 Å². The molecule has 0 saturated heterocycles. The van der Waals surface area contributed by atoms with Crippen molar-refractivity contribution in [2.45, 2.75) is 61.9 Å². The van der Waals surface area contributed by atoms with E-state index in [0.717, 1.165) is 5.56 Å². The van der Waals surface area contributed by atoms with Crippen LogP contribution in [-0.4, -0.2) is 65.9 Å². The Labute approximate surface area is 213 Å². The fourth-order valence-corrected chi connectivity index (χ4v) is 6.77. The van der Waals surface area contributed by atoms with Crippen LogP contribution in [0.25, 0.3) is 0 Å². The van der Waals surface area contributed by atoms with Gasteiger partial charge in [-0.3, -0.25) is 9.35 Å². The summed E-state index contributed by atoms with van der Waals surface area (Å²) in [6, 6.07) is 3.46. The maximum atomic E-state index is 13.6. The van der Waals surface area contributed by atoms with E-state index in [0.29, 0.717) is 48.8 Å². The van der Waals surface area contributed by atoms with Gasteiger partial charge in [-0.15, -0.1) is 0 Å². The second kappa shape index (κ2) is 9.78. The topological polar surface area (TPSA) is 107 Å². The molecule has 4 fully saturated rings. The van der Waals surface area contributed by atoms with Crippen molar-refractivity contribution in [2.24, 2.45) is 23.7 Å². The molecule has 188 valence electrons. The van der Waals surface area contributed by atoms with Crippen molar-refractivity contribution in [3.05, 3.63) is 34.4 Å². The van der Waals surface area contributed by atoms with E-state index in [2.05, 4.69) is 4.74 Å². The molecule has 13 heteroatoms. The normalized spacial score (nSPS) is 29.2. The molecule has 4 aliphatic carbocycles. The van der Waals surface area contributed by atoms with E-state index < -0.39 is 45.4 Å². The van der Waals surface area contributed by atoms with Crippen LogP contribution in [0.15, 0.2) is 12.1 Å². The average molecular weight is 516 g/mol. The van der Waals surface area contributed by atoms with Crippen molar-refractivity contribution in [1.82, 2.24) is 0 Å². The van der Waals surface area contributed by atoms with Gasteiger partial charge in [0.2, 0.25) is 0 Å². The van der Waals surface area contributed by atoms with Crippen LogP contribution in [0.3, 0.4) is 0 Å². The largest absolute Gasteiger partial charge is 0.458 e. The van der Waals surface area contributed by atoms with Crippen LogP contribution in [0.5, 0.6) is 0 Å². The summed E-state index contributed by atoms with van der Waals surface area (Å²) in [5.41, 5.74) is 1.51. The van der Waals surface area contributed by atoms with Crippen LogP contribution < -0.4 is 0 Å². The second-order valence-corrected chi connectivity index (χ2v) is 11.7. The van der Waals surface area contributed by atoms with Crippen molar-refractivity contribution < 1.29 is 40.8 Å². The Balaban J connectivity index is 1.51. The SMILES string of the molecule is [B]Cc1cc(C[B])c(C[B])c(C(=O)OC23CC4CC(C2)C(C(=O)OCC(F)(F)S(=O)(=O)O)C(C4)C3)c1. The van der Waals surface area contributed by atoms with Gasteiger partial charge in [-0.25, -0.2) is 4.79 Å². The Bertz CT molecular complexity index is 1140.